The summed E-state index contributed by atoms with van der Waals surface area (Å²) in [5, 5.41) is 10.6. The lowest BCUT2D eigenvalue weighted by molar-refractivity contribution is 0.199. The SMILES string of the molecule is Cc1ccc2cccc(Oc3ccc(C(C)O)cc3)c2n1. The number of aliphatic hydroxyl groups excluding tert-OH is 1. The van der Waals surface area contributed by atoms with Crippen molar-refractivity contribution in [1.82, 2.24) is 4.98 Å². The Morgan fingerprint density at radius 1 is 1.00 bits per heavy atom. The molecule has 0 saturated heterocycles. The predicted molar refractivity (Wildman–Crippen MR) is 83.6 cm³/mol. The zero-order valence-corrected chi connectivity index (χ0v) is 12.1. The topological polar surface area (TPSA) is 42.4 Å². The monoisotopic (exact) mass is 279 g/mol. The zero-order chi connectivity index (χ0) is 14.8. The summed E-state index contributed by atoms with van der Waals surface area (Å²) in [7, 11) is 0. The number of aryl methyl sites for hydroxylation is 1. The van der Waals surface area contributed by atoms with E-state index in [-0.39, 0.29) is 0 Å². The molecule has 2 aromatic carbocycles. The van der Waals surface area contributed by atoms with Crippen LogP contribution in [-0.2, 0) is 0 Å². The van der Waals surface area contributed by atoms with Crippen LogP contribution in [0.2, 0.25) is 0 Å². The van der Waals surface area contributed by atoms with Gasteiger partial charge in [0.2, 0.25) is 0 Å². The third kappa shape index (κ3) is 2.88. The molecule has 1 unspecified atom stereocenters. The minimum absolute atomic E-state index is 0.471. The van der Waals surface area contributed by atoms with E-state index in [0.717, 1.165) is 33.7 Å². The molecule has 3 nitrogen and oxygen atoms in total. The molecule has 1 heterocycles. The Morgan fingerprint density at radius 2 is 1.76 bits per heavy atom. The number of para-hydroxylation sites is 1. The van der Waals surface area contributed by atoms with Crippen LogP contribution in [-0.4, -0.2) is 10.1 Å². The fourth-order valence-electron chi connectivity index (χ4n) is 2.24. The van der Waals surface area contributed by atoms with E-state index >= 15 is 0 Å². The zero-order valence-electron chi connectivity index (χ0n) is 12.1. The van der Waals surface area contributed by atoms with Crippen LogP contribution in [0.3, 0.4) is 0 Å². The summed E-state index contributed by atoms with van der Waals surface area (Å²) in [4.78, 5) is 4.55. The first-order valence-electron chi connectivity index (χ1n) is 6.96. The van der Waals surface area contributed by atoms with Gasteiger partial charge in [-0.25, -0.2) is 4.98 Å². The van der Waals surface area contributed by atoms with Gasteiger partial charge in [-0.2, -0.15) is 0 Å². The summed E-state index contributed by atoms with van der Waals surface area (Å²) in [6.07, 6.45) is -0.471. The fraction of sp³-hybridized carbons (Fsp3) is 0.167. The van der Waals surface area contributed by atoms with E-state index in [9.17, 15) is 5.11 Å². The Kier molecular flexibility index (Phi) is 3.59. The number of ether oxygens (including phenoxy) is 1. The van der Waals surface area contributed by atoms with E-state index in [2.05, 4.69) is 4.98 Å². The number of rotatable bonds is 3. The first kappa shape index (κ1) is 13.6. The summed E-state index contributed by atoms with van der Waals surface area (Å²) in [5.74, 6) is 1.47. The number of fused-ring (bicyclic) bond motifs is 1. The molecule has 0 aliphatic carbocycles. The van der Waals surface area contributed by atoms with Gasteiger partial charge >= 0.3 is 0 Å². The number of benzene rings is 2. The van der Waals surface area contributed by atoms with E-state index in [4.69, 9.17) is 4.74 Å². The molecule has 3 rings (SSSR count). The van der Waals surface area contributed by atoms with Crippen LogP contribution in [0.4, 0.5) is 0 Å². The van der Waals surface area contributed by atoms with Crippen LogP contribution in [0, 0.1) is 6.92 Å². The first-order valence-corrected chi connectivity index (χ1v) is 6.96. The van der Waals surface area contributed by atoms with Gasteiger partial charge < -0.3 is 9.84 Å². The molecule has 0 fully saturated rings. The van der Waals surface area contributed by atoms with E-state index < -0.39 is 6.10 Å². The first-order chi connectivity index (χ1) is 10.1. The third-order valence-electron chi connectivity index (χ3n) is 3.41. The number of hydrogen-bond donors (Lipinski definition) is 1. The number of aromatic nitrogens is 1. The van der Waals surface area contributed by atoms with Crippen LogP contribution in [0.15, 0.2) is 54.6 Å². The van der Waals surface area contributed by atoms with E-state index in [1.54, 1.807) is 6.92 Å². The molecule has 21 heavy (non-hydrogen) atoms. The number of hydrogen-bond acceptors (Lipinski definition) is 3. The molecule has 1 atom stereocenters. The van der Waals surface area contributed by atoms with Gasteiger partial charge in [0.25, 0.3) is 0 Å². The molecule has 106 valence electrons. The molecule has 1 N–H and O–H groups in total. The van der Waals surface area contributed by atoms with Crippen molar-refractivity contribution >= 4 is 10.9 Å². The summed E-state index contributed by atoms with van der Waals surface area (Å²) in [5.41, 5.74) is 2.69. The Bertz CT molecular complexity index is 764. The van der Waals surface area contributed by atoms with Crippen LogP contribution in [0.25, 0.3) is 10.9 Å². The van der Waals surface area contributed by atoms with Crippen molar-refractivity contribution in [1.29, 1.82) is 0 Å². The Morgan fingerprint density at radius 3 is 2.48 bits per heavy atom. The molecule has 0 saturated carbocycles. The third-order valence-corrected chi connectivity index (χ3v) is 3.41. The minimum atomic E-state index is -0.471. The molecule has 0 aliphatic heterocycles. The highest BCUT2D eigenvalue weighted by Crippen LogP contribution is 2.29. The lowest BCUT2D eigenvalue weighted by Gasteiger charge is -2.10. The molecule has 1 aromatic heterocycles. The molecule has 0 radical (unpaired) electrons. The lowest BCUT2D eigenvalue weighted by atomic mass is 10.1. The molecular formula is C18H17NO2. The second kappa shape index (κ2) is 5.54. The summed E-state index contributed by atoms with van der Waals surface area (Å²) in [6.45, 7) is 3.71. The van der Waals surface area contributed by atoms with Crippen molar-refractivity contribution in [2.75, 3.05) is 0 Å². The van der Waals surface area contributed by atoms with Gasteiger partial charge in [-0.1, -0.05) is 30.3 Å². The lowest BCUT2D eigenvalue weighted by Crippen LogP contribution is -1.92. The number of nitrogens with zero attached hydrogens (tertiary/aromatic N) is 1. The second-order valence-corrected chi connectivity index (χ2v) is 5.13. The molecule has 0 amide bonds. The van der Waals surface area contributed by atoms with E-state index in [1.807, 2.05) is 61.5 Å². The van der Waals surface area contributed by atoms with E-state index in [0.29, 0.717) is 0 Å². The van der Waals surface area contributed by atoms with Crippen LogP contribution < -0.4 is 4.74 Å². The highest BCUT2D eigenvalue weighted by Gasteiger charge is 2.06. The van der Waals surface area contributed by atoms with Gasteiger partial charge in [0.05, 0.1) is 6.10 Å². The van der Waals surface area contributed by atoms with E-state index in [1.165, 1.54) is 0 Å². The molecule has 0 spiro atoms. The van der Waals surface area contributed by atoms with Crippen LogP contribution in [0.1, 0.15) is 24.3 Å². The normalized spacial score (nSPS) is 12.3. The Balaban J connectivity index is 1.96. The summed E-state index contributed by atoms with van der Waals surface area (Å²) >= 11 is 0. The average molecular weight is 279 g/mol. The molecule has 0 aliphatic rings. The molecular weight excluding hydrogens is 262 g/mol. The minimum Gasteiger partial charge on any atom is -0.455 e. The molecule has 0 bridgehead atoms. The quantitative estimate of drug-likeness (QED) is 0.773. The molecule has 3 heteroatoms. The Hall–Kier alpha value is -2.39. The maximum atomic E-state index is 9.53. The maximum absolute atomic E-state index is 9.53. The van der Waals surface area contributed by atoms with Gasteiger partial charge in [0.15, 0.2) is 5.75 Å². The average Bonchev–Trinajstić information content (AvgIpc) is 2.48. The summed E-state index contributed by atoms with van der Waals surface area (Å²) < 4.78 is 5.94. The van der Waals surface area contributed by atoms with Crippen molar-refractivity contribution in [2.45, 2.75) is 20.0 Å². The highest BCUT2D eigenvalue weighted by atomic mass is 16.5. The standard InChI is InChI=1S/C18H17NO2/c1-12-6-7-15-4-3-5-17(18(15)19-12)21-16-10-8-14(9-11-16)13(2)20/h3-11,13,20H,1-2H3. The van der Waals surface area contributed by atoms with Crippen molar-refractivity contribution in [3.8, 4) is 11.5 Å². The highest BCUT2D eigenvalue weighted by molar-refractivity contribution is 5.84. The van der Waals surface area contributed by atoms with Gasteiger partial charge in [-0.05, 0) is 43.7 Å². The van der Waals surface area contributed by atoms with Crippen molar-refractivity contribution in [3.63, 3.8) is 0 Å². The smallest absolute Gasteiger partial charge is 0.153 e. The number of pyridine rings is 1. The predicted octanol–water partition coefficient (Wildman–Crippen LogP) is 4.39. The molecule has 3 aromatic rings. The van der Waals surface area contributed by atoms with Crippen LogP contribution >= 0.6 is 0 Å². The van der Waals surface area contributed by atoms with Gasteiger partial charge in [-0.3, -0.25) is 0 Å². The van der Waals surface area contributed by atoms with Crippen LogP contribution in [0.5, 0.6) is 11.5 Å². The fourth-order valence-corrected chi connectivity index (χ4v) is 2.24. The van der Waals surface area contributed by atoms with Gasteiger partial charge in [0, 0.05) is 11.1 Å². The Labute approximate surface area is 123 Å². The number of aliphatic hydroxyl groups is 1. The van der Waals surface area contributed by atoms with Crippen molar-refractivity contribution < 1.29 is 9.84 Å². The summed E-state index contributed by atoms with van der Waals surface area (Å²) in [6, 6.07) is 17.4. The van der Waals surface area contributed by atoms with Crippen molar-refractivity contribution in [3.05, 3.63) is 65.9 Å². The van der Waals surface area contributed by atoms with Gasteiger partial charge in [-0.15, -0.1) is 0 Å². The van der Waals surface area contributed by atoms with Gasteiger partial charge in [0.1, 0.15) is 11.3 Å². The maximum Gasteiger partial charge on any atom is 0.153 e. The largest absolute Gasteiger partial charge is 0.455 e. The van der Waals surface area contributed by atoms with Crippen molar-refractivity contribution in [2.24, 2.45) is 0 Å². The second-order valence-electron chi connectivity index (χ2n) is 5.13.